The molecule has 1 aromatic carbocycles. The number of carbonyl (C=O) groups is 2. The van der Waals surface area contributed by atoms with Gasteiger partial charge in [-0.1, -0.05) is 26.0 Å². The number of benzene rings is 1. The van der Waals surface area contributed by atoms with Gasteiger partial charge in [0.25, 0.3) is 11.5 Å². The monoisotopic (exact) mass is 330 g/mol. The maximum atomic E-state index is 12.1. The number of aromatic nitrogens is 2. The smallest absolute Gasteiger partial charge is 0.287 e. The van der Waals surface area contributed by atoms with Crippen LogP contribution < -0.4 is 10.9 Å². The van der Waals surface area contributed by atoms with Crippen LogP contribution >= 0.6 is 0 Å². The van der Waals surface area contributed by atoms with E-state index >= 15 is 0 Å². The second kappa shape index (κ2) is 7.72. The maximum Gasteiger partial charge on any atom is 0.287 e. The SMILES string of the molecule is CC(C)C(=O)N(C)CCCNC(=O)c1nc2ccccc2c(=O)[nH]1. The molecule has 0 saturated heterocycles. The molecule has 7 heteroatoms. The van der Waals surface area contributed by atoms with Gasteiger partial charge in [-0.05, 0) is 18.6 Å². The molecular weight excluding hydrogens is 308 g/mol. The van der Waals surface area contributed by atoms with Gasteiger partial charge in [0.2, 0.25) is 5.91 Å². The molecule has 1 aromatic heterocycles. The highest BCUT2D eigenvalue weighted by molar-refractivity contribution is 5.92. The summed E-state index contributed by atoms with van der Waals surface area (Å²) in [6.45, 7) is 4.65. The quantitative estimate of drug-likeness (QED) is 0.777. The van der Waals surface area contributed by atoms with Gasteiger partial charge < -0.3 is 15.2 Å². The first-order valence-corrected chi connectivity index (χ1v) is 7.92. The second-order valence-corrected chi connectivity index (χ2v) is 5.96. The van der Waals surface area contributed by atoms with Crippen molar-refractivity contribution in [1.82, 2.24) is 20.2 Å². The van der Waals surface area contributed by atoms with Gasteiger partial charge in [0.05, 0.1) is 10.9 Å². The molecule has 0 saturated carbocycles. The van der Waals surface area contributed by atoms with Crippen molar-refractivity contribution in [3.63, 3.8) is 0 Å². The summed E-state index contributed by atoms with van der Waals surface area (Å²) in [7, 11) is 1.74. The topological polar surface area (TPSA) is 95.2 Å². The van der Waals surface area contributed by atoms with Gasteiger partial charge in [-0.3, -0.25) is 14.4 Å². The fourth-order valence-electron chi connectivity index (χ4n) is 2.35. The van der Waals surface area contributed by atoms with E-state index in [9.17, 15) is 14.4 Å². The number of rotatable bonds is 6. The van der Waals surface area contributed by atoms with E-state index in [-0.39, 0.29) is 23.2 Å². The highest BCUT2D eigenvalue weighted by atomic mass is 16.2. The van der Waals surface area contributed by atoms with E-state index in [0.717, 1.165) is 0 Å². The Kier molecular flexibility index (Phi) is 5.68. The molecule has 7 nitrogen and oxygen atoms in total. The summed E-state index contributed by atoms with van der Waals surface area (Å²) in [6.07, 6.45) is 0.624. The lowest BCUT2D eigenvalue weighted by molar-refractivity contribution is -0.133. The first kappa shape index (κ1) is 17.7. The Balaban J connectivity index is 1.92. The molecule has 2 rings (SSSR count). The summed E-state index contributed by atoms with van der Waals surface area (Å²) in [5, 5.41) is 3.15. The van der Waals surface area contributed by atoms with Crippen LogP contribution in [-0.2, 0) is 4.79 Å². The number of nitrogens with one attached hydrogen (secondary N) is 2. The Labute approximate surface area is 140 Å². The number of para-hydroxylation sites is 1. The van der Waals surface area contributed by atoms with Crippen LogP contribution in [0.3, 0.4) is 0 Å². The molecule has 24 heavy (non-hydrogen) atoms. The largest absolute Gasteiger partial charge is 0.349 e. The van der Waals surface area contributed by atoms with Gasteiger partial charge >= 0.3 is 0 Å². The van der Waals surface area contributed by atoms with E-state index in [1.54, 1.807) is 36.2 Å². The van der Waals surface area contributed by atoms with E-state index in [4.69, 9.17) is 0 Å². The number of nitrogens with zero attached hydrogens (tertiary/aromatic N) is 2. The summed E-state index contributed by atoms with van der Waals surface area (Å²) in [4.78, 5) is 44.1. The number of amides is 2. The summed E-state index contributed by atoms with van der Waals surface area (Å²) in [5.74, 6) is -0.417. The zero-order chi connectivity index (χ0) is 17.7. The molecule has 128 valence electrons. The van der Waals surface area contributed by atoms with Crippen molar-refractivity contribution in [3.8, 4) is 0 Å². The Morgan fingerprint density at radius 1 is 1.29 bits per heavy atom. The van der Waals surface area contributed by atoms with E-state index in [0.29, 0.717) is 30.4 Å². The van der Waals surface area contributed by atoms with Crippen molar-refractivity contribution in [1.29, 1.82) is 0 Å². The van der Waals surface area contributed by atoms with Gasteiger partial charge in [-0.2, -0.15) is 0 Å². The minimum Gasteiger partial charge on any atom is -0.349 e. The maximum absolute atomic E-state index is 12.1. The predicted octanol–water partition coefficient (Wildman–Crippen LogP) is 1.16. The van der Waals surface area contributed by atoms with Crippen LogP contribution in [-0.4, -0.2) is 46.8 Å². The number of hydrogen-bond donors (Lipinski definition) is 2. The van der Waals surface area contributed by atoms with Crippen molar-refractivity contribution >= 4 is 22.7 Å². The molecule has 0 aliphatic carbocycles. The molecule has 1 heterocycles. The van der Waals surface area contributed by atoms with Crippen LogP contribution in [0.25, 0.3) is 10.9 Å². The normalized spacial score (nSPS) is 10.8. The average Bonchev–Trinajstić information content (AvgIpc) is 2.57. The van der Waals surface area contributed by atoms with Crippen molar-refractivity contribution in [3.05, 3.63) is 40.4 Å². The molecule has 2 amide bonds. The number of hydrogen-bond acceptors (Lipinski definition) is 4. The Morgan fingerprint density at radius 3 is 2.71 bits per heavy atom. The first-order valence-electron chi connectivity index (χ1n) is 7.92. The van der Waals surface area contributed by atoms with Crippen LogP contribution in [0.15, 0.2) is 29.1 Å². The molecule has 0 aliphatic heterocycles. The number of fused-ring (bicyclic) bond motifs is 1. The molecule has 2 aromatic rings. The molecule has 0 radical (unpaired) electrons. The lowest BCUT2D eigenvalue weighted by atomic mass is 10.2. The van der Waals surface area contributed by atoms with Crippen LogP contribution in [0.2, 0.25) is 0 Å². The fourth-order valence-corrected chi connectivity index (χ4v) is 2.35. The Hall–Kier alpha value is -2.70. The predicted molar refractivity (Wildman–Crippen MR) is 91.8 cm³/mol. The summed E-state index contributed by atoms with van der Waals surface area (Å²) < 4.78 is 0. The number of H-pyrrole nitrogens is 1. The van der Waals surface area contributed by atoms with Gasteiger partial charge in [0.15, 0.2) is 5.82 Å². The third-order valence-electron chi connectivity index (χ3n) is 3.65. The molecular formula is C17H22N4O3. The standard InChI is InChI=1S/C17H22N4O3/c1-11(2)17(24)21(3)10-6-9-18-16(23)14-19-13-8-5-4-7-12(13)15(22)20-14/h4-5,7-8,11H,6,9-10H2,1-3H3,(H,18,23)(H,19,20,22). The molecule has 0 aliphatic rings. The molecule has 0 spiro atoms. The van der Waals surface area contributed by atoms with Crippen molar-refractivity contribution in [2.24, 2.45) is 5.92 Å². The van der Waals surface area contributed by atoms with Crippen LogP contribution in [0.1, 0.15) is 30.9 Å². The molecule has 0 fully saturated rings. The molecule has 0 atom stereocenters. The molecule has 0 bridgehead atoms. The minimum atomic E-state index is -0.435. The Bertz CT molecular complexity index is 798. The van der Waals surface area contributed by atoms with Crippen LogP contribution in [0, 0.1) is 5.92 Å². The summed E-state index contributed by atoms with van der Waals surface area (Å²) in [5.41, 5.74) is 0.140. The van der Waals surface area contributed by atoms with Gasteiger partial charge in [-0.25, -0.2) is 4.98 Å². The van der Waals surface area contributed by atoms with E-state index in [1.165, 1.54) is 0 Å². The lowest BCUT2D eigenvalue weighted by Crippen LogP contribution is -2.34. The van der Waals surface area contributed by atoms with Crippen molar-refractivity contribution in [2.45, 2.75) is 20.3 Å². The second-order valence-electron chi connectivity index (χ2n) is 5.96. The third-order valence-corrected chi connectivity index (χ3v) is 3.65. The van der Waals surface area contributed by atoms with E-state index in [2.05, 4.69) is 15.3 Å². The molecule has 2 N–H and O–H groups in total. The van der Waals surface area contributed by atoms with E-state index in [1.807, 2.05) is 13.8 Å². The van der Waals surface area contributed by atoms with Crippen molar-refractivity contribution < 1.29 is 9.59 Å². The average molecular weight is 330 g/mol. The lowest BCUT2D eigenvalue weighted by Gasteiger charge is -2.19. The first-order chi connectivity index (χ1) is 11.4. The highest BCUT2D eigenvalue weighted by Gasteiger charge is 2.13. The molecule has 0 unspecified atom stereocenters. The Morgan fingerprint density at radius 2 is 2.00 bits per heavy atom. The minimum absolute atomic E-state index is 0.00897. The van der Waals surface area contributed by atoms with Crippen LogP contribution in [0.4, 0.5) is 0 Å². The zero-order valence-corrected chi connectivity index (χ0v) is 14.1. The number of carbonyl (C=O) groups excluding carboxylic acids is 2. The van der Waals surface area contributed by atoms with E-state index < -0.39 is 5.91 Å². The summed E-state index contributed by atoms with van der Waals surface area (Å²) in [6, 6.07) is 6.85. The van der Waals surface area contributed by atoms with Gasteiger partial charge in [0, 0.05) is 26.1 Å². The zero-order valence-electron chi connectivity index (χ0n) is 14.1. The fraction of sp³-hybridized carbons (Fsp3) is 0.412. The number of aromatic amines is 1. The van der Waals surface area contributed by atoms with Gasteiger partial charge in [-0.15, -0.1) is 0 Å². The third kappa shape index (κ3) is 4.18. The highest BCUT2D eigenvalue weighted by Crippen LogP contribution is 2.05. The summed E-state index contributed by atoms with van der Waals surface area (Å²) >= 11 is 0. The van der Waals surface area contributed by atoms with Gasteiger partial charge in [0.1, 0.15) is 0 Å². The van der Waals surface area contributed by atoms with Crippen LogP contribution in [0.5, 0.6) is 0 Å². The van der Waals surface area contributed by atoms with Crippen molar-refractivity contribution in [2.75, 3.05) is 20.1 Å².